The molecule has 0 heterocycles. The van der Waals surface area contributed by atoms with Crippen LogP contribution in [0, 0.1) is 6.92 Å². The summed E-state index contributed by atoms with van der Waals surface area (Å²) in [5, 5.41) is 0. The minimum Gasteiger partial charge on any atom is -0.0888 e. The second kappa shape index (κ2) is 21.7. The molecule has 0 spiro atoms. The SMILES string of the molecule is [CH2]CCCCCCCCCCCCCCCCCCC=CCC. The molecule has 0 bridgehead atoms. The Morgan fingerprint density at radius 2 is 0.826 bits per heavy atom. The maximum absolute atomic E-state index is 3.90. The second-order valence-corrected chi connectivity index (χ2v) is 7.18. The maximum atomic E-state index is 3.90. The lowest BCUT2D eigenvalue weighted by molar-refractivity contribution is 0.528. The topological polar surface area (TPSA) is 0 Å². The Morgan fingerprint density at radius 3 is 1.17 bits per heavy atom. The molecular weight excluding hydrogens is 276 g/mol. The van der Waals surface area contributed by atoms with Crippen LogP contribution in [0.25, 0.3) is 0 Å². The molecular formula is C23H45. The van der Waals surface area contributed by atoms with Gasteiger partial charge in [0.1, 0.15) is 0 Å². The van der Waals surface area contributed by atoms with E-state index in [9.17, 15) is 0 Å². The fraction of sp³-hybridized carbons (Fsp3) is 0.870. The molecule has 0 aliphatic rings. The van der Waals surface area contributed by atoms with Gasteiger partial charge in [-0.05, 0) is 19.3 Å². The molecule has 0 aromatic heterocycles. The maximum Gasteiger partial charge on any atom is -0.0351 e. The Balaban J connectivity index is 2.96. The van der Waals surface area contributed by atoms with Crippen molar-refractivity contribution in [3.05, 3.63) is 19.1 Å². The van der Waals surface area contributed by atoms with E-state index < -0.39 is 0 Å². The lowest BCUT2D eigenvalue weighted by Crippen LogP contribution is -1.83. The highest BCUT2D eigenvalue weighted by atomic mass is 14.0. The van der Waals surface area contributed by atoms with E-state index in [0.717, 1.165) is 6.42 Å². The molecule has 0 saturated heterocycles. The van der Waals surface area contributed by atoms with E-state index in [4.69, 9.17) is 0 Å². The zero-order chi connectivity index (χ0) is 16.8. The molecule has 0 rings (SSSR count). The number of hydrogen-bond acceptors (Lipinski definition) is 0. The van der Waals surface area contributed by atoms with Crippen LogP contribution in [0.4, 0.5) is 0 Å². The molecule has 0 unspecified atom stereocenters. The molecule has 0 aliphatic heterocycles. The highest BCUT2D eigenvalue weighted by Gasteiger charge is 1.94. The van der Waals surface area contributed by atoms with Crippen LogP contribution in [0.3, 0.4) is 0 Å². The van der Waals surface area contributed by atoms with Gasteiger partial charge in [-0.2, -0.15) is 0 Å². The first-order chi connectivity index (χ1) is 11.4. The zero-order valence-electron chi connectivity index (χ0n) is 16.3. The van der Waals surface area contributed by atoms with Crippen LogP contribution in [0.5, 0.6) is 0 Å². The second-order valence-electron chi connectivity index (χ2n) is 7.18. The Bertz CT molecular complexity index is 216. The molecule has 0 aliphatic carbocycles. The molecule has 0 aromatic carbocycles. The quantitative estimate of drug-likeness (QED) is 0.165. The van der Waals surface area contributed by atoms with E-state index in [-0.39, 0.29) is 0 Å². The van der Waals surface area contributed by atoms with Gasteiger partial charge >= 0.3 is 0 Å². The average Bonchev–Trinajstić information content (AvgIpc) is 2.57. The van der Waals surface area contributed by atoms with E-state index >= 15 is 0 Å². The van der Waals surface area contributed by atoms with Crippen LogP contribution in [0.2, 0.25) is 0 Å². The molecule has 0 atom stereocenters. The number of allylic oxidation sites excluding steroid dienone is 2. The number of rotatable bonds is 19. The van der Waals surface area contributed by atoms with Crippen LogP contribution in [-0.4, -0.2) is 0 Å². The summed E-state index contributed by atoms with van der Waals surface area (Å²) in [6.07, 6.45) is 31.4. The third kappa shape index (κ3) is 21.7. The normalized spacial score (nSPS) is 11.6. The molecule has 0 N–H and O–H groups in total. The van der Waals surface area contributed by atoms with Crippen molar-refractivity contribution in [2.75, 3.05) is 0 Å². The van der Waals surface area contributed by atoms with Crippen molar-refractivity contribution in [1.29, 1.82) is 0 Å². The first kappa shape index (κ1) is 22.7. The van der Waals surface area contributed by atoms with Crippen LogP contribution in [-0.2, 0) is 0 Å². The Labute approximate surface area is 148 Å². The summed E-state index contributed by atoms with van der Waals surface area (Å²) in [6, 6.07) is 0. The Morgan fingerprint density at radius 1 is 0.478 bits per heavy atom. The third-order valence-corrected chi connectivity index (χ3v) is 4.77. The largest absolute Gasteiger partial charge is 0.0888 e. The Hall–Kier alpha value is -0.260. The number of hydrogen-bond donors (Lipinski definition) is 0. The van der Waals surface area contributed by atoms with Gasteiger partial charge in [-0.3, -0.25) is 0 Å². The molecule has 23 heavy (non-hydrogen) atoms. The van der Waals surface area contributed by atoms with Gasteiger partial charge in [0, 0.05) is 0 Å². The first-order valence-electron chi connectivity index (χ1n) is 10.9. The molecule has 0 amide bonds. The van der Waals surface area contributed by atoms with Crippen molar-refractivity contribution in [2.24, 2.45) is 0 Å². The van der Waals surface area contributed by atoms with Gasteiger partial charge in [0.25, 0.3) is 0 Å². The van der Waals surface area contributed by atoms with E-state index in [2.05, 4.69) is 26.0 Å². The summed E-state index contributed by atoms with van der Waals surface area (Å²) >= 11 is 0. The van der Waals surface area contributed by atoms with Crippen molar-refractivity contribution >= 4 is 0 Å². The molecule has 0 aromatic rings. The molecule has 0 heteroatoms. The van der Waals surface area contributed by atoms with Crippen molar-refractivity contribution in [3.63, 3.8) is 0 Å². The third-order valence-electron chi connectivity index (χ3n) is 4.77. The molecule has 0 saturated carbocycles. The summed E-state index contributed by atoms with van der Waals surface area (Å²) < 4.78 is 0. The van der Waals surface area contributed by atoms with Gasteiger partial charge in [0.15, 0.2) is 0 Å². The van der Waals surface area contributed by atoms with E-state index in [1.54, 1.807) is 0 Å². The van der Waals surface area contributed by atoms with Gasteiger partial charge in [-0.15, -0.1) is 0 Å². The highest BCUT2D eigenvalue weighted by molar-refractivity contribution is 4.79. The van der Waals surface area contributed by atoms with Crippen molar-refractivity contribution in [3.8, 4) is 0 Å². The van der Waals surface area contributed by atoms with E-state index in [1.165, 1.54) is 116 Å². The van der Waals surface area contributed by atoms with Gasteiger partial charge in [-0.1, -0.05) is 129 Å². The van der Waals surface area contributed by atoms with Crippen LogP contribution < -0.4 is 0 Å². The van der Waals surface area contributed by atoms with Gasteiger partial charge in [0.2, 0.25) is 0 Å². The number of unbranched alkanes of at least 4 members (excludes halogenated alkanes) is 17. The minimum absolute atomic E-state index is 1.12. The predicted octanol–water partition coefficient (Wildman–Crippen LogP) is 8.81. The fourth-order valence-electron chi connectivity index (χ4n) is 3.20. The minimum atomic E-state index is 1.12. The van der Waals surface area contributed by atoms with E-state index in [1.807, 2.05) is 0 Å². The van der Waals surface area contributed by atoms with Crippen molar-refractivity contribution < 1.29 is 0 Å². The average molecular weight is 322 g/mol. The smallest absolute Gasteiger partial charge is 0.0351 e. The lowest BCUT2D eigenvalue weighted by Gasteiger charge is -2.03. The zero-order valence-corrected chi connectivity index (χ0v) is 16.3. The first-order valence-corrected chi connectivity index (χ1v) is 10.9. The Kier molecular flexibility index (Phi) is 21.5. The summed E-state index contributed by atoms with van der Waals surface area (Å²) in [7, 11) is 0. The van der Waals surface area contributed by atoms with Crippen molar-refractivity contribution in [1.82, 2.24) is 0 Å². The van der Waals surface area contributed by atoms with E-state index in [0.29, 0.717) is 0 Å². The fourth-order valence-corrected chi connectivity index (χ4v) is 3.20. The van der Waals surface area contributed by atoms with Crippen molar-refractivity contribution in [2.45, 2.75) is 129 Å². The highest BCUT2D eigenvalue weighted by Crippen LogP contribution is 2.14. The summed E-state index contributed by atoms with van der Waals surface area (Å²) in [5.74, 6) is 0. The summed E-state index contributed by atoms with van der Waals surface area (Å²) in [6.45, 7) is 6.11. The summed E-state index contributed by atoms with van der Waals surface area (Å²) in [4.78, 5) is 0. The van der Waals surface area contributed by atoms with Crippen LogP contribution in [0.1, 0.15) is 129 Å². The molecule has 0 nitrogen and oxygen atoms in total. The molecule has 137 valence electrons. The monoisotopic (exact) mass is 321 g/mol. The predicted molar refractivity (Wildman–Crippen MR) is 108 cm³/mol. The molecule has 0 fully saturated rings. The van der Waals surface area contributed by atoms with Crippen LogP contribution in [0.15, 0.2) is 12.2 Å². The van der Waals surface area contributed by atoms with Gasteiger partial charge < -0.3 is 0 Å². The van der Waals surface area contributed by atoms with Gasteiger partial charge in [-0.25, -0.2) is 0 Å². The lowest BCUT2D eigenvalue weighted by atomic mass is 10.0. The van der Waals surface area contributed by atoms with Gasteiger partial charge in [0.05, 0.1) is 0 Å². The molecule has 1 radical (unpaired) electrons. The standard InChI is InChI=1S/C23H45/c1-3-5-7-9-11-13-15-17-19-21-23-22-20-18-16-14-12-10-8-6-4-2/h6,8H,1,3-5,7,9-23H2,2H3. The van der Waals surface area contributed by atoms with Crippen LogP contribution >= 0.6 is 0 Å². The summed E-state index contributed by atoms with van der Waals surface area (Å²) in [5.41, 5.74) is 0.